The molecule has 0 aromatic carbocycles. The van der Waals surface area contributed by atoms with Crippen LogP contribution in [0.15, 0.2) is 0 Å². The summed E-state index contributed by atoms with van der Waals surface area (Å²) in [6, 6.07) is 0. The van der Waals surface area contributed by atoms with Crippen LogP contribution in [0.1, 0.15) is 111 Å². The highest BCUT2D eigenvalue weighted by Crippen LogP contribution is 2.22. The number of unbranched alkanes of at least 4 members (excludes halogenated alkanes) is 8. The van der Waals surface area contributed by atoms with Crippen molar-refractivity contribution >= 4 is 0 Å². The van der Waals surface area contributed by atoms with Crippen molar-refractivity contribution in [2.24, 2.45) is 11.8 Å². The molecule has 0 bridgehead atoms. The van der Waals surface area contributed by atoms with Crippen LogP contribution < -0.4 is 0 Å². The molecule has 0 rings (SSSR count). The molecule has 0 fully saturated rings. The summed E-state index contributed by atoms with van der Waals surface area (Å²) in [6.45, 7) is 11.1. The van der Waals surface area contributed by atoms with Gasteiger partial charge in [-0.2, -0.15) is 0 Å². The lowest BCUT2D eigenvalue weighted by atomic mass is 9.91. The molecule has 2 unspecified atom stereocenters. The predicted octanol–water partition coefficient (Wildman–Crippen LogP) is 7.57. The van der Waals surface area contributed by atoms with E-state index in [-0.39, 0.29) is 0 Å². The first-order valence-corrected chi connectivity index (χ1v) is 9.49. The minimum atomic E-state index is 0.942. The summed E-state index contributed by atoms with van der Waals surface area (Å²) in [5, 5.41) is 0. The third-order valence-electron chi connectivity index (χ3n) is 4.65. The zero-order chi connectivity index (χ0) is 15.1. The molecule has 0 aliphatic carbocycles. The molecule has 20 heavy (non-hydrogen) atoms. The summed E-state index contributed by atoms with van der Waals surface area (Å²) in [7, 11) is 0. The Hall–Kier alpha value is 0. The summed E-state index contributed by atoms with van der Waals surface area (Å²) in [4.78, 5) is 0. The lowest BCUT2D eigenvalue weighted by Crippen LogP contribution is -2.01. The quantitative estimate of drug-likeness (QED) is 0.271. The van der Waals surface area contributed by atoms with E-state index in [2.05, 4.69) is 27.7 Å². The van der Waals surface area contributed by atoms with Gasteiger partial charge in [0.25, 0.3) is 0 Å². The van der Waals surface area contributed by atoms with Gasteiger partial charge in [-0.15, -0.1) is 0 Å². The number of hydrogen-bond donors (Lipinski definition) is 0. The fourth-order valence-corrected chi connectivity index (χ4v) is 2.98. The van der Waals surface area contributed by atoms with Gasteiger partial charge in [-0.05, 0) is 11.8 Å². The van der Waals surface area contributed by atoms with Crippen LogP contribution in [0.2, 0.25) is 0 Å². The van der Waals surface area contributed by atoms with Gasteiger partial charge in [0.2, 0.25) is 0 Å². The van der Waals surface area contributed by atoms with Crippen molar-refractivity contribution in [2.75, 3.05) is 0 Å². The second-order valence-corrected chi connectivity index (χ2v) is 7.05. The van der Waals surface area contributed by atoms with Gasteiger partial charge in [0.1, 0.15) is 0 Å². The average Bonchev–Trinajstić information content (AvgIpc) is 2.44. The van der Waals surface area contributed by atoms with Crippen molar-refractivity contribution in [1.82, 2.24) is 0 Å². The van der Waals surface area contributed by atoms with Crippen LogP contribution in [-0.4, -0.2) is 0 Å². The average molecular weight is 282 g/mol. The molecule has 0 amide bonds. The van der Waals surface area contributed by atoms with Crippen LogP contribution in [0.25, 0.3) is 0 Å². The van der Waals surface area contributed by atoms with Crippen LogP contribution in [0.3, 0.4) is 0 Å². The fraction of sp³-hybridized carbons (Fsp3) is 0.950. The molecule has 0 aliphatic heterocycles. The maximum Gasteiger partial charge on any atom is -0.0443 e. The normalized spacial score (nSPS) is 14.4. The molecule has 2 atom stereocenters. The van der Waals surface area contributed by atoms with Crippen LogP contribution >= 0.6 is 0 Å². The first-order chi connectivity index (χ1) is 9.70. The monoisotopic (exact) mass is 281 g/mol. The molecule has 0 heteroatoms. The van der Waals surface area contributed by atoms with E-state index in [4.69, 9.17) is 0 Å². The van der Waals surface area contributed by atoms with Crippen LogP contribution in [0.5, 0.6) is 0 Å². The molecule has 0 nitrogen and oxygen atoms in total. The Balaban J connectivity index is 3.32. The van der Waals surface area contributed by atoms with Crippen molar-refractivity contribution in [3.05, 3.63) is 6.92 Å². The lowest BCUT2D eigenvalue weighted by Gasteiger charge is -2.15. The van der Waals surface area contributed by atoms with Crippen LogP contribution in [-0.2, 0) is 0 Å². The molecule has 0 aromatic rings. The molecular formula is C20H41. The SMILES string of the molecule is [CH2]CCCCCCC(C)CCC(C)CCCCCCC. The molecule has 0 spiro atoms. The summed E-state index contributed by atoms with van der Waals surface area (Å²) in [5.41, 5.74) is 0. The molecule has 0 heterocycles. The zero-order valence-electron chi connectivity index (χ0n) is 14.8. The van der Waals surface area contributed by atoms with Crippen LogP contribution in [0, 0.1) is 18.8 Å². The molecule has 0 saturated carbocycles. The Morgan fingerprint density at radius 3 is 1.50 bits per heavy atom. The highest BCUT2D eigenvalue weighted by molar-refractivity contribution is 4.60. The van der Waals surface area contributed by atoms with Crippen LogP contribution in [0.4, 0.5) is 0 Å². The third-order valence-corrected chi connectivity index (χ3v) is 4.65. The topological polar surface area (TPSA) is 0 Å². The maximum absolute atomic E-state index is 3.91. The zero-order valence-corrected chi connectivity index (χ0v) is 14.8. The fourth-order valence-electron chi connectivity index (χ4n) is 2.98. The minimum absolute atomic E-state index is 0.942. The Labute approximate surface area is 130 Å². The highest BCUT2D eigenvalue weighted by atomic mass is 14.1. The molecule has 1 radical (unpaired) electrons. The summed E-state index contributed by atoms with van der Waals surface area (Å²) in [5.74, 6) is 1.89. The second kappa shape index (κ2) is 15.4. The van der Waals surface area contributed by atoms with E-state index in [1.165, 1.54) is 83.5 Å². The highest BCUT2D eigenvalue weighted by Gasteiger charge is 2.06. The van der Waals surface area contributed by atoms with Crippen molar-refractivity contribution < 1.29 is 0 Å². The van der Waals surface area contributed by atoms with Crippen molar-refractivity contribution in [1.29, 1.82) is 0 Å². The summed E-state index contributed by atoms with van der Waals surface area (Å²) >= 11 is 0. The molecular weight excluding hydrogens is 240 g/mol. The van der Waals surface area contributed by atoms with E-state index in [1.54, 1.807) is 0 Å². The van der Waals surface area contributed by atoms with Gasteiger partial charge in [0, 0.05) is 0 Å². The first kappa shape index (κ1) is 20.0. The van der Waals surface area contributed by atoms with Gasteiger partial charge >= 0.3 is 0 Å². The standard InChI is InChI=1S/C20H41/c1-5-7-9-11-13-15-19(3)17-18-20(4)16-14-12-10-8-6-2/h19-20H,1,5-18H2,2-4H3. The first-order valence-electron chi connectivity index (χ1n) is 9.49. The van der Waals surface area contributed by atoms with Gasteiger partial charge < -0.3 is 0 Å². The van der Waals surface area contributed by atoms with E-state index in [9.17, 15) is 0 Å². The molecule has 0 aromatic heterocycles. The second-order valence-electron chi connectivity index (χ2n) is 7.05. The van der Waals surface area contributed by atoms with Crippen molar-refractivity contribution in [3.8, 4) is 0 Å². The minimum Gasteiger partial charge on any atom is -0.0654 e. The van der Waals surface area contributed by atoms with E-state index >= 15 is 0 Å². The smallest absolute Gasteiger partial charge is 0.0443 e. The van der Waals surface area contributed by atoms with Gasteiger partial charge in [-0.1, -0.05) is 118 Å². The van der Waals surface area contributed by atoms with Gasteiger partial charge in [-0.3, -0.25) is 0 Å². The predicted molar refractivity (Wildman–Crippen MR) is 94.0 cm³/mol. The molecule has 0 aliphatic rings. The molecule has 121 valence electrons. The maximum atomic E-state index is 3.91. The van der Waals surface area contributed by atoms with Gasteiger partial charge in [0.05, 0.1) is 0 Å². The Morgan fingerprint density at radius 2 is 1.05 bits per heavy atom. The van der Waals surface area contributed by atoms with Crippen molar-refractivity contribution in [2.45, 2.75) is 111 Å². The van der Waals surface area contributed by atoms with Gasteiger partial charge in [0.15, 0.2) is 0 Å². The summed E-state index contributed by atoms with van der Waals surface area (Å²) in [6.07, 6.45) is 19.7. The Bertz CT molecular complexity index is 153. The number of hydrogen-bond acceptors (Lipinski definition) is 0. The van der Waals surface area contributed by atoms with E-state index in [0.29, 0.717) is 0 Å². The van der Waals surface area contributed by atoms with E-state index in [1.807, 2.05) is 0 Å². The Kier molecular flexibility index (Phi) is 15.4. The van der Waals surface area contributed by atoms with Gasteiger partial charge in [-0.25, -0.2) is 0 Å². The van der Waals surface area contributed by atoms with Crippen molar-refractivity contribution in [3.63, 3.8) is 0 Å². The molecule has 0 saturated heterocycles. The van der Waals surface area contributed by atoms with E-state index in [0.717, 1.165) is 18.3 Å². The molecule has 0 N–H and O–H groups in total. The lowest BCUT2D eigenvalue weighted by molar-refractivity contribution is 0.377. The third kappa shape index (κ3) is 14.4. The Morgan fingerprint density at radius 1 is 0.600 bits per heavy atom. The largest absolute Gasteiger partial charge is 0.0654 e. The van der Waals surface area contributed by atoms with E-state index < -0.39 is 0 Å². The summed E-state index contributed by atoms with van der Waals surface area (Å²) < 4.78 is 0. The number of rotatable bonds is 15.